The molecule has 0 atom stereocenters. The van der Waals surface area contributed by atoms with Gasteiger partial charge in [-0.05, 0) is 32.1 Å². The topological polar surface area (TPSA) is 9.23 Å². The Morgan fingerprint density at radius 1 is 1.41 bits per heavy atom. The summed E-state index contributed by atoms with van der Waals surface area (Å²) in [6, 6.07) is 7.65. The smallest absolute Gasteiger partial charge is 0.119 e. The molecule has 0 fully saturated rings. The number of rotatable bonds is 5. The Morgan fingerprint density at radius 2 is 2.12 bits per heavy atom. The van der Waals surface area contributed by atoms with Crippen molar-refractivity contribution in [1.82, 2.24) is 0 Å². The SMILES string of the molecule is C=C/C(=C\C(C)=C/C)OCc1ccccc1Cl. The Balaban J connectivity index is 2.69. The summed E-state index contributed by atoms with van der Waals surface area (Å²) in [5, 5.41) is 0.721. The Kier molecular flexibility index (Phi) is 5.58. The Bertz CT molecular complexity index is 444. The van der Waals surface area contributed by atoms with E-state index in [0.29, 0.717) is 6.61 Å². The zero-order chi connectivity index (χ0) is 12.7. The summed E-state index contributed by atoms with van der Waals surface area (Å²) >= 11 is 6.05. The molecule has 0 heterocycles. The Morgan fingerprint density at radius 3 is 2.71 bits per heavy atom. The highest BCUT2D eigenvalue weighted by molar-refractivity contribution is 6.31. The fourth-order valence-corrected chi connectivity index (χ4v) is 1.43. The lowest BCUT2D eigenvalue weighted by Crippen LogP contribution is -1.93. The van der Waals surface area contributed by atoms with E-state index in [0.717, 1.165) is 21.9 Å². The van der Waals surface area contributed by atoms with E-state index >= 15 is 0 Å². The number of hydrogen-bond donors (Lipinski definition) is 0. The van der Waals surface area contributed by atoms with Gasteiger partial charge in [0.05, 0.1) is 0 Å². The van der Waals surface area contributed by atoms with Gasteiger partial charge in [-0.3, -0.25) is 0 Å². The van der Waals surface area contributed by atoms with Crippen LogP contribution in [-0.2, 0) is 11.3 Å². The van der Waals surface area contributed by atoms with Crippen LogP contribution in [0.4, 0.5) is 0 Å². The molecule has 0 aliphatic heterocycles. The van der Waals surface area contributed by atoms with Crippen LogP contribution in [0.1, 0.15) is 19.4 Å². The van der Waals surface area contributed by atoms with Crippen molar-refractivity contribution in [2.75, 3.05) is 0 Å². The molecule has 0 N–H and O–H groups in total. The monoisotopic (exact) mass is 248 g/mol. The van der Waals surface area contributed by atoms with Crippen molar-refractivity contribution >= 4 is 11.6 Å². The lowest BCUT2D eigenvalue weighted by atomic mass is 10.2. The lowest BCUT2D eigenvalue weighted by molar-refractivity contribution is 0.211. The van der Waals surface area contributed by atoms with Crippen molar-refractivity contribution in [3.63, 3.8) is 0 Å². The van der Waals surface area contributed by atoms with Gasteiger partial charge in [0.25, 0.3) is 0 Å². The van der Waals surface area contributed by atoms with Crippen LogP contribution in [0.2, 0.25) is 5.02 Å². The van der Waals surface area contributed by atoms with Crippen LogP contribution in [-0.4, -0.2) is 0 Å². The molecule has 1 aromatic carbocycles. The number of benzene rings is 1. The van der Waals surface area contributed by atoms with Gasteiger partial charge in [-0.2, -0.15) is 0 Å². The first kappa shape index (κ1) is 13.6. The zero-order valence-corrected chi connectivity index (χ0v) is 11.0. The summed E-state index contributed by atoms with van der Waals surface area (Å²) < 4.78 is 5.65. The van der Waals surface area contributed by atoms with E-state index in [2.05, 4.69) is 6.58 Å². The molecule has 0 saturated heterocycles. The van der Waals surface area contributed by atoms with Crippen LogP contribution >= 0.6 is 11.6 Å². The van der Waals surface area contributed by atoms with Gasteiger partial charge in [0.2, 0.25) is 0 Å². The summed E-state index contributed by atoms with van der Waals surface area (Å²) in [5.41, 5.74) is 2.11. The second kappa shape index (κ2) is 6.97. The quantitative estimate of drug-likeness (QED) is 0.532. The zero-order valence-electron chi connectivity index (χ0n) is 10.2. The highest BCUT2D eigenvalue weighted by Crippen LogP contribution is 2.17. The normalized spacial score (nSPS) is 12.4. The van der Waals surface area contributed by atoms with Crippen molar-refractivity contribution in [3.8, 4) is 0 Å². The predicted molar refractivity (Wildman–Crippen MR) is 74.0 cm³/mol. The molecular weight excluding hydrogens is 232 g/mol. The van der Waals surface area contributed by atoms with Crippen LogP contribution in [0.25, 0.3) is 0 Å². The molecule has 0 spiro atoms. The first-order valence-electron chi connectivity index (χ1n) is 5.50. The molecule has 90 valence electrons. The van der Waals surface area contributed by atoms with E-state index in [1.807, 2.05) is 50.3 Å². The summed E-state index contributed by atoms with van der Waals surface area (Å²) in [5.74, 6) is 0.750. The maximum atomic E-state index is 6.05. The van der Waals surface area contributed by atoms with Gasteiger partial charge >= 0.3 is 0 Å². The third-order valence-corrected chi connectivity index (χ3v) is 2.75. The predicted octanol–water partition coefficient (Wildman–Crippen LogP) is 4.89. The molecule has 0 radical (unpaired) electrons. The average molecular weight is 249 g/mol. The molecule has 1 nitrogen and oxygen atoms in total. The molecular formula is C15H17ClO. The van der Waals surface area contributed by atoms with Crippen molar-refractivity contribution in [2.24, 2.45) is 0 Å². The second-order valence-electron chi connectivity index (χ2n) is 3.66. The van der Waals surface area contributed by atoms with Crippen molar-refractivity contribution < 1.29 is 4.74 Å². The van der Waals surface area contributed by atoms with Gasteiger partial charge in [-0.1, -0.05) is 48.0 Å². The van der Waals surface area contributed by atoms with E-state index in [-0.39, 0.29) is 0 Å². The third kappa shape index (κ3) is 4.49. The van der Waals surface area contributed by atoms with Gasteiger partial charge in [-0.25, -0.2) is 0 Å². The molecule has 0 bridgehead atoms. The van der Waals surface area contributed by atoms with E-state index in [1.54, 1.807) is 6.08 Å². The molecule has 2 heteroatoms. The molecule has 0 amide bonds. The third-order valence-electron chi connectivity index (χ3n) is 2.38. The average Bonchev–Trinajstić information content (AvgIpc) is 2.35. The molecule has 17 heavy (non-hydrogen) atoms. The molecule has 1 aromatic rings. The molecule has 0 aromatic heterocycles. The minimum atomic E-state index is 0.453. The van der Waals surface area contributed by atoms with Gasteiger partial charge in [-0.15, -0.1) is 0 Å². The minimum absolute atomic E-state index is 0.453. The maximum Gasteiger partial charge on any atom is 0.119 e. The van der Waals surface area contributed by atoms with E-state index in [1.165, 1.54) is 0 Å². The van der Waals surface area contributed by atoms with Crippen LogP contribution in [0.5, 0.6) is 0 Å². The van der Waals surface area contributed by atoms with Gasteiger partial charge in [0, 0.05) is 10.6 Å². The molecule has 0 unspecified atom stereocenters. The molecule has 0 saturated carbocycles. The highest BCUT2D eigenvalue weighted by Gasteiger charge is 2.00. The minimum Gasteiger partial charge on any atom is -0.489 e. The number of allylic oxidation sites excluding steroid dienone is 4. The first-order valence-corrected chi connectivity index (χ1v) is 5.88. The summed E-state index contributed by atoms with van der Waals surface area (Å²) in [6.07, 6.45) is 5.66. The number of halogens is 1. The highest BCUT2D eigenvalue weighted by atomic mass is 35.5. The van der Waals surface area contributed by atoms with Gasteiger partial charge in [0.15, 0.2) is 0 Å². The van der Waals surface area contributed by atoms with Gasteiger partial charge in [0.1, 0.15) is 12.4 Å². The maximum absolute atomic E-state index is 6.05. The van der Waals surface area contributed by atoms with Crippen molar-refractivity contribution in [3.05, 3.63) is 71.0 Å². The fourth-order valence-electron chi connectivity index (χ4n) is 1.24. The molecule has 0 aliphatic carbocycles. The number of hydrogen-bond acceptors (Lipinski definition) is 1. The van der Waals surface area contributed by atoms with E-state index in [9.17, 15) is 0 Å². The van der Waals surface area contributed by atoms with Crippen molar-refractivity contribution in [1.29, 1.82) is 0 Å². The summed E-state index contributed by atoms with van der Waals surface area (Å²) in [6.45, 7) is 8.19. The van der Waals surface area contributed by atoms with Crippen molar-refractivity contribution in [2.45, 2.75) is 20.5 Å². The van der Waals surface area contributed by atoms with Crippen LogP contribution in [0.15, 0.2) is 60.4 Å². The molecule has 1 rings (SSSR count). The van der Waals surface area contributed by atoms with Crippen LogP contribution < -0.4 is 0 Å². The van der Waals surface area contributed by atoms with Gasteiger partial charge < -0.3 is 4.74 Å². The second-order valence-corrected chi connectivity index (χ2v) is 4.07. The van der Waals surface area contributed by atoms with E-state index < -0.39 is 0 Å². The number of ether oxygens (including phenoxy) is 1. The first-order chi connectivity index (χ1) is 8.17. The summed E-state index contributed by atoms with van der Waals surface area (Å²) in [7, 11) is 0. The molecule has 0 aliphatic rings. The standard InChI is InChI=1S/C15H17ClO/c1-4-12(3)10-14(5-2)17-11-13-8-6-7-9-15(13)16/h4-10H,2,11H2,1,3H3/b12-4-,14-10+. The van der Waals surface area contributed by atoms with E-state index in [4.69, 9.17) is 16.3 Å². The Labute approximate surface area is 108 Å². The largest absolute Gasteiger partial charge is 0.489 e. The lowest BCUT2D eigenvalue weighted by Gasteiger charge is -2.08. The Hall–Kier alpha value is -1.47. The summed E-state index contributed by atoms with van der Waals surface area (Å²) in [4.78, 5) is 0. The van der Waals surface area contributed by atoms with Crippen LogP contribution in [0.3, 0.4) is 0 Å². The fraction of sp³-hybridized carbons (Fsp3) is 0.200. The van der Waals surface area contributed by atoms with Crippen LogP contribution in [0, 0.1) is 0 Å².